The Morgan fingerprint density at radius 3 is 2.54 bits per heavy atom. The summed E-state index contributed by atoms with van der Waals surface area (Å²) in [5, 5.41) is 13.6. The van der Waals surface area contributed by atoms with Crippen molar-refractivity contribution in [1.29, 1.82) is 5.26 Å². The molecule has 7 nitrogen and oxygen atoms in total. The van der Waals surface area contributed by atoms with E-state index in [9.17, 15) is 14.9 Å². The number of nitriles is 1. The van der Waals surface area contributed by atoms with Crippen LogP contribution in [0.3, 0.4) is 0 Å². The summed E-state index contributed by atoms with van der Waals surface area (Å²) in [5.41, 5.74) is 6.64. The lowest BCUT2D eigenvalue weighted by Crippen LogP contribution is -2.24. The van der Waals surface area contributed by atoms with Crippen molar-refractivity contribution >= 4 is 22.4 Å². The highest BCUT2D eigenvalue weighted by Crippen LogP contribution is 2.26. The summed E-state index contributed by atoms with van der Waals surface area (Å²) in [6, 6.07) is 10.6. The fourth-order valence-electron chi connectivity index (χ4n) is 2.68. The van der Waals surface area contributed by atoms with E-state index in [0.717, 1.165) is 4.68 Å². The highest BCUT2D eigenvalue weighted by molar-refractivity contribution is 6.08. The molecule has 3 aromatic rings. The number of rotatable bonds is 2. The molecule has 0 unspecified atom stereocenters. The third kappa shape index (κ3) is 2.21. The van der Waals surface area contributed by atoms with Crippen LogP contribution in [0.5, 0.6) is 0 Å². The molecule has 0 fully saturated rings. The lowest BCUT2D eigenvalue weighted by molar-refractivity contribution is 0.101. The molecule has 2 aromatic heterocycles. The Bertz CT molecular complexity index is 1080. The van der Waals surface area contributed by atoms with Crippen LogP contribution in [0, 0.1) is 18.3 Å². The van der Waals surface area contributed by atoms with Crippen LogP contribution in [0.25, 0.3) is 16.6 Å². The van der Waals surface area contributed by atoms with E-state index < -0.39 is 5.56 Å². The second-order valence-corrected chi connectivity index (χ2v) is 5.28. The molecule has 0 radical (unpaired) electrons. The molecule has 3 rings (SSSR count). The molecule has 0 amide bonds. The summed E-state index contributed by atoms with van der Waals surface area (Å²) in [6.45, 7) is 2.96. The number of fused-ring (bicyclic) bond motifs is 1. The molecule has 0 bridgehead atoms. The third-order valence-corrected chi connectivity index (χ3v) is 3.71. The maximum atomic E-state index is 12.8. The van der Waals surface area contributed by atoms with Crippen molar-refractivity contribution in [2.24, 2.45) is 0 Å². The zero-order valence-corrected chi connectivity index (χ0v) is 13.1. The number of aromatic nitrogens is 3. The quantitative estimate of drug-likeness (QED) is 0.719. The van der Waals surface area contributed by atoms with E-state index in [2.05, 4.69) is 10.1 Å². The number of benzene rings is 1. The van der Waals surface area contributed by atoms with Gasteiger partial charge in [-0.25, -0.2) is 4.98 Å². The third-order valence-electron chi connectivity index (χ3n) is 3.71. The molecule has 0 aliphatic carbocycles. The van der Waals surface area contributed by atoms with Crippen LogP contribution in [-0.2, 0) is 0 Å². The van der Waals surface area contributed by atoms with Gasteiger partial charge in [0, 0.05) is 0 Å². The van der Waals surface area contributed by atoms with Gasteiger partial charge in [0.1, 0.15) is 11.6 Å². The first-order valence-corrected chi connectivity index (χ1v) is 7.15. The number of nitrogens with zero attached hydrogens (tertiary/aromatic N) is 4. The second-order valence-electron chi connectivity index (χ2n) is 5.28. The Labute approximate surface area is 137 Å². The molecular weight excluding hydrogens is 306 g/mol. The van der Waals surface area contributed by atoms with E-state index in [4.69, 9.17) is 5.73 Å². The van der Waals surface area contributed by atoms with Gasteiger partial charge in [-0.1, -0.05) is 18.2 Å². The molecule has 7 heteroatoms. The Hall–Kier alpha value is -3.53. The number of aryl methyl sites for hydroxylation is 1. The van der Waals surface area contributed by atoms with E-state index in [1.165, 1.54) is 6.92 Å². The number of ketones is 1. The molecule has 118 valence electrons. The molecular formula is C17H13N5O2. The van der Waals surface area contributed by atoms with Crippen LogP contribution in [0.4, 0.5) is 5.69 Å². The fourth-order valence-corrected chi connectivity index (χ4v) is 2.68. The summed E-state index contributed by atoms with van der Waals surface area (Å²) in [7, 11) is 0. The van der Waals surface area contributed by atoms with Crippen molar-refractivity contribution in [2.75, 3.05) is 5.73 Å². The molecule has 24 heavy (non-hydrogen) atoms. The van der Waals surface area contributed by atoms with Crippen LogP contribution < -0.4 is 11.3 Å². The van der Waals surface area contributed by atoms with Crippen molar-refractivity contribution in [1.82, 2.24) is 14.8 Å². The van der Waals surface area contributed by atoms with Crippen LogP contribution >= 0.6 is 0 Å². The summed E-state index contributed by atoms with van der Waals surface area (Å²) < 4.78 is 1.11. The van der Waals surface area contributed by atoms with Gasteiger partial charge in [0.15, 0.2) is 11.5 Å². The minimum absolute atomic E-state index is 0.0189. The maximum Gasteiger partial charge on any atom is 0.298 e. The van der Waals surface area contributed by atoms with Gasteiger partial charge in [-0.3, -0.25) is 9.59 Å². The number of para-hydroxylation sites is 1. The smallest absolute Gasteiger partial charge is 0.298 e. The standard InChI is InChI=1S/C17H13N5O2/c1-9-13(10(2)23)15(19)14-12(8-18)21-22(17(24)16(14)20-9)11-6-4-3-5-7-11/h3-7H,1-2H3,(H2,19,20). The zero-order chi connectivity index (χ0) is 17.4. The van der Waals surface area contributed by atoms with Gasteiger partial charge >= 0.3 is 0 Å². The summed E-state index contributed by atoms with van der Waals surface area (Å²) >= 11 is 0. The summed E-state index contributed by atoms with van der Waals surface area (Å²) in [5.74, 6) is -0.282. The molecule has 1 aromatic carbocycles. The summed E-state index contributed by atoms with van der Waals surface area (Å²) in [4.78, 5) is 28.8. The Balaban J connectivity index is 2.51. The van der Waals surface area contributed by atoms with Crippen molar-refractivity contribution in [2.45, 2.75) is 13.8 Å². The Kier molecular flexibility index (Phi) is 3.58. The van der Waals surface area contributed by atoms with Gasteiger partial charge in [-0.05, 0) is 26.0 Å². The number of hydrogen-bond donors (Lipinski definition) is 1. The van der Waals surface area contributed by atoms with Crippen molar-refractivity contribution in [3.63, 3.8) is 0 Å². The predicted octanol–water partition coefficient (Wildman–Crippen LogP) is 1.75. The van der Waals surface area contributed by atoms with E-state index in [1.54, 1.807) is 37.3 Å². The van der Waals surface area contributed by atoms with Crippen LogP contribution in [-0.4, -0.2) is 20.5 Å². The topological polar surface area (TPSA) is 115 Å². The van der Waals surface area contributed by atoms with E-state index in [-0.39, 0.29) is 33.6 Å². The average Bonchev–Trinajstić information content (AvgIpc) is 2.56. The monoisotopic (exact) mass is 319 g/mol. The molecule has 0 saturated heterocycles. The highest BCUT2D eigenvalue weighted by Gasteiger charge is 2.21. The largest absolute Gasteiger partial charge is 0.397 e. The second kappa shape index (κ2) is 5.59. The first kappa shape index (κ1) is 15.4. The van der Waals surface area contributed by atoms with Gasteiger partial charge in [0.05, 0.1) is 28.0 Å². The van der Waals surface area contributed by atoms with Crippen LogP contribution in [0.15, 0.2) is 35.1 Å². The lowest BCUT2D eigenvalue weighted by Gasteiger charge is -2.12. The van der Waals surface area contributed by atoms with Gasteiger partial charge in [0.25, 0.3) is 5.56 Å². The normalized spacial score (nSPS) is 10.5. The van der Waals surface area contributed by atoms with Crippen LogP contribution in [0.2, 0.25) is 0 Å². The van der Waals surface area contributed by atoms with Crippen molar-refractivity contribution in [3.8, 4) is 11.8 Å². The van der Waals surface area contributed by atoms with Crippen molar-refractivity contribution in [3.05, 3.63) is 57.6 Å². The van der Waals surface area contributed by atoms with E-state index >= 15 is 0 Å². The SMILES string of the molecule is CC(=O)c1c(C)nc2c(=O)n(-c3ccccc3)nc(C#N)c2c1N. The minimum Gasteiger partial charge on any atom is -0.397 e. The minimum atomic E-state index is -0.500. The first-order chi connectivity index (χ1) is 11.5. The molecule has 0 atom stereocenters. The van der Waals surface area contributed by atoms with Crippen molar-refractivity contribution < 1.29 is 4.79 Å². The summed E-state index contributed by atoms with van der Waals surface area (Å²) in [6.07, 6.45) is 0. The van der Waals surface area contributed by atoms with Gasteiger partial charge in [-0.2, -0.15) is 15.0 Å². The fraction of sp³-hybridized carbons (Fsp3) is 0.118. The number of carbonyl (C=O) groups is 1. The molecule has 2 N–H and O–H groups in total. The number of pyridine rings is 1. The number of carbonyl (C=O) groups excluding carboxylic acids is 1. The molecule has 0 saturated carbocycles. The molecule has 0 spiro atoms. The maximum absolute atomic E-state index is 12.8. The molecule has 2 heterocycles. The number of hydrogen-bond acceptors (Lipinski definition) is 6. The molecule has 0 aliphatic rings. The van der Waals surface area contributed by atoms with E-state index in [1.807, 2.05) is 6.07 Å². The Morgan fingerprint density at radius 2 is 1.96 bits per heavy atom. The number of nitrogens with two attached hydrogens (primary N) is 1. The number of anilines is 1. The molecule has 0 aliphatic heterocycles. The van der Waals surface area contributed by atoms with Gasteiger partial charge < -0.3 is 5.73 Å². The predicted molar refractivity (Wildman–Crippen MR) is 89.0 cm³/mol. The zero-order valence-electron chi connectivity index (χ0n) is 13.1. The number of Topliss-reactive ketones (excluding diaryl/α,β-unsaturated/α-hetero) is 1. The number of nitrogen functional groups attached to an aromatic ring is 1. The van der Waals surface area contributed by atoms with E-state index in [0.29, 0.717) is 11.4 Å². The highest BCUT2D eigenvalue weighted by atomic mass is 16.1. The van der Waals surface area contributed by atoms with Crippen LogP contribution in [0.1, 0.15) is 28.7 Å². The van der Waals surface area contributed by atoms with Gasteiger partial charge in [-0.15, -0.1) is 0 Å². The lowest BCUT2D eigenvalue weighted by atomic mass is 10.0. The first-order valence-electron chi connectivity index (χ1n) is 7.15. The Morgan fingerprint density at radius 1 is 1.29 bits per heavy atom. The average molecular weight is 319 g/mol. The van der Waals surface area contributed by atoms with Gasteiger partial charge in [0.2, 0.25) is 0 Å².